The topological polar surface area (TPSA) is 66.4 Å². The maximum atomic E-state index is 12.9. The first-order valence-corrected chi connectivity index (χ1v) is 9.68. The van der Waals surface area contributed by atoms with Crippen LogP contribution in [-0.4, -0.2) is 56.9 Å². The first-order chi connectivity index (χ1) is 11.5. The predicted octanol–water partition coefficient (Wildman–Crippen LogP) is 2.21. The van der Waals surface area contributed by atoms with Gasteiger partial charge < -0.3 is 9.80 Å². The lowest BCUT2D eigenvalue weighted by molar-refractivity contribution is -0.133. The monoisotopic (exact) mass is 350 g/mol. The van der Waals surface area contributed by atoms with E-state index in [1.807, 2.05) is 16.7 Å². The number of amides is 2. The quantitative estimate of drug-likeness (QED) is 0.817. The van der Waals surface area contributed by atoms with Gasteiger partial charge in [-0.25, -0.2) is 0 Å². The van der Waals surface area contributed by atoms with Crippen LogP contribution in [0.25, 0.3) is 0 Å². The summed E-state index contributed by atoms with van der Waals surface area (Å²) in [7, 11) is 0. The fourth-order valence-corrected chi connectivity index (χ4v) is 4.01. The van der Waals surface area contributed by atoms with Crippen LogP contribution in [-0.2, 0) is 11.2 Å². The molecule has 1 saturated heterocycles. The second kappa shape index (κ2) is 7.17. The van der Waals surface area contributed by atoms with Gasteiger partial charge in [-0.2, -0.15) is 0 Å². The molecule has 1 aromatic heterocycles. The molecule has 2 aliphatic rings. The van der Waals surface area contributed by atoms with Crippen molar-refractivity contribution in [2.75, 3.05) is 19.6 Å². The van der Waals surface area contributed by atoms with Gasteiger partial charge in [-0.3, -0.25) is 9.59 Å². The smallest absolute Gasteiger partial charge is 0.267 e. The van der Waals surface area contributed by atoms with Gasteiger partial charge in [-0.15, -0.1) is 5.10 Å². The summed E-state index contributed by atoms with van der Waals surface area (Å²) in [5.41, 5.74) is 0.761. The summed E-state index contributed by atoms with van der Waals surface area (Å²) in [6.45, 7) is 8.20. The fraction of sp³-hybridized carbons (Fsp3) is 0.765. The van der Waals surface area contributed by atoms with Crippen LogP contribution in [0.5, 0.6) is 0 Å². The van der Waals surface area contributed by atoms with Crippen LogP contribution in [0.4, 0.5) is 0 Å². The number of aryl methyl sites for hydroxylation is 1. The Labute approximate surface area is 147 Å². The Balaban J connectivity index is 1.80. The van der Waals surface area contributed by atoms with Crippen LogP contribution < -0.4 is 0 Å². The van der Waals surface area contributed by atoms with E-state index in [0.29, 0.717) is 42.6 Å². The molecule has 1 aromatic rings. The van der Waals surface area contributed by atoms with Crippen molar-refractivity contribution in [1.29, 1.82) is 0 Å². The van der Waals surface area contributed by atoms with Gasteiger partial charge in [-0.1, -0.05) is 25.3 Å². The van der Waals surface area contributed by atoms with Crippen LogP contribution in [0, 0.1) is 11.8 Å². The first-order valence-electron chi connectivity index (χ1n) is 8.91. The van der Waals surface area contributed by atoms with Crippen molar-refractivity contribution < 1.29 is 9.59 Å². The molecule has 0 unspecified atom stereocenters. The molecule has 1 saturated carbocycles. The highest BCUT2D eigenvalue weighted by Crippen LogP contribution is 2.32. The van der Waals surface area contributed by atoms with Gasteiger partial charge in [0.1, 0.15) is 4.88 Å². The molecule has 1 aliphatic heterocycles. The molecule has 2 heterocycles. The normalized spacial score (nSPS) is 22.2. The summed E-state index contributed by atoms with van der Waals surface area (Å²) in [4.78, 5) is 30.1. The van der Waals surface area contributed by atoms with Crippen molar-refractivity contribution in [2.45, 2.75) is 52.5 Å². The number of nitrogens with zero attached hydrogens (tertiary/aromatic N) is 4. The van der Waals surface area contributed by atoms with Crippen LogP contribution >= 0.6 is 11.5 Å². The number of carbonyl (C=O) groups excluding carboxylic acids is 2. The van der Waals surface area contributed by atoms with Gasteiger partial charge in [0.05, 0.1) is 11.7 Å². The Bertz CT molecular complexity index is 611. The van der Waals surface area contributed by atoms with Gasteiger partial charge in [0.15, 0.2) is 0 Å². The molecule has 3 rings (SSSR count). The van der Waals surface area contributed by atoms with Crippen LogP contribution in [0.1, 0.15) is 55.4 Å². The third-order valence-electron chi connectivity index (χ3n) is 5.02. The van der Waals surface area contributed by atoms with Gasteiger partial charge in [0.25, 0.3) is 5.91 Å². The first kappa shape index (κ1) is 17.3. The standard InChI is InChI=1S/C17H26N4O2S/c1-4-13-16(24-19-18-13)17(23)20-8-7-15(22)21(9-12-5-6-12)14(10-20)11(2)3/h11-12,14H,4-10H2,1-3H3/t14-/m0/s1. The molecule has 1 atom stereocenters. The van der Waals surface area contributed by atoms with Gasteiger partial charge in [-0.05, 0) is 42.6 Å². The van der Waals surface area contributed by atoms with Gasteiger partial charge >= 0.3 is 0 Å². The maximum absolute atomic E-state index is 12.9. The van der Waals surface area contributed by atoms with E-state index in [4.69, 9.17) is 0 Å². The Hall–Kier alpha value is -1.50. The minimum atomic E-state index is -0.0198. The minimum absolute atomic E-state index is 0.0198. The zero-order valence-electron chi connectivity index (χ0n) is 14.7. The molecule has 132 valence electrons. The number of rotatable bonds is 5. The van der Waals surface area contributed by atoms with Crippen LogP contribution in [0.3, 0.4) is 0 Å². The molecule has 2 fully saturated rings. The van der Waals surface area contributed by atoms with E-state index in [2.05, 4.69) is 23.4 Å². The molecular weight excluding hydrogens is 324 g/mol. The van der Waals surface area contributed by atoms with Crippen molar-refractivity contribution >= 4 is 23.3 Å². The molecular formula is C17H26N4O2S. The van der Waals surface area contributed by atoms with Crippen molar-refractivity contribution in [1.82, 2.24) is 19.4 Å². The lowest BCUT2D eigenvalue weighted by Gasteiger charge is -2.34. The number of hydrogen-bond donors (Lipinski definition) is 0. The van der Waals surface area contributed by atoms with E-state index in [1.54, 1.807) is 0 Å². The molecule has 0 spiro atoms. The average Bonchev–Trinajstić information content (AvgIpc) is 3.28. The third-order valence-corrected chi connectivity index (χ3v) is 5.77. The second-order valence-corrected chi connectivity index (χ2v) is 7.96. The van der Waals surface area contributed by atoms with Gasteiger partial charge in [0.2, 0.25) is 5.91 Å². The van der Waals surface area contributed by atoms with E-state index >= 15 is 0 Å². The zero-order chi connectivity index (χ0) is 17.3. The third kappa shape index (κ3) is 3.61. The molecule has 0 radical (unpaired) electrons. The Morgan fingerprint density at radius 1 is 1.38 bits per heavy atom. The highest BCUT2D eigenvalue weighted by Gasteiger charge is 2.37. The summed E-state index contributed by atoms with van der Waals surface area (Å²) in [5, 5.41) is 4.05. The van der Waals surface area contributed by atoms with E-state index in [1.165, 1.54) is 12.8 Å². The molecule has 2 amide bonds. The maximum Gasteiger partial charge on any atom is 0.267 e. The lowest BCUT2D eigenvalue weighted by atomic mass is 10.0. The molecule has 0 bridgehead atoms. The number of aromatic nitrogens is 2. The number of hydrogen-bond acceptors (Lipinski definition) is 5. The van der Waals surface area contributed by atoms with E-state index in [9.17, 15) is 9.59 Å². The summed E-state index contributed by atoms with van der Waals surface area (Å²) in [6, 6.07) is 0.0931. The summed E-state index contributed by atoms with van der Waals surface area (Å²) in [5.74, 6) is 1.16. The molecule has 24 heavy (non-hydrogen) atoms. The highest BCUT2D eigenvalue weighted by molar-refractivity contribution is 7.08. The summed E-state index contributed by atoms with van der Waals surface area (Å²) < 4.78 is 3.93. The molecule has 0 N–H and O–H groups in total. The van der Waals surface area contributed by atoms with Crippen molar-refractivity contribution in [3.63, 3.8) is 0 Å². The SMILES string of the molecule is CCc1nnsc1C(=O)N1CCC(=O)N(CC2CC2)[C@H](C(C)C)C1. The van der Waals surface area contributed by atoms with E-state index in [0.717, 1.165) is 23.8 Å². The summed E-state index contributed by atoms with van der Waals surface area (Å²) in [6.07, 6.45) is 3.56. The van der Waals surface area contributed by atoms with E-state index in [-0.39, 0.29) is 17.9 Å². The molecule has 6 nitrogen and oxygen atoms in total. The minimum Gasteiger partial charge on any atom is -0.337 e. The Kier molecular flexibility index (Phi) is 5.18. The lowest BCUT2D eigenvalue weighted by Crippen LogP contribution is -2.48. The van der Waals surface area contributed by atoms with E-state index < -0.39 is 0 Å². The zero-order valence-corrected chi connectivity index (χ0v) is 15.5. The fourth-order valence-electron chi connectivity index (χ4n) is 3.29. The molecule has 0 aromatic carbocycles. The Morgan fingerprint density at radius 2 is 2.12 bits per heavy atom. The van der Waals surface area contributed by atoms with Crippen molar-refractivity contribution in [3.05, 3.63) is 10.6 Å². The molecule has 1 aliphatic carbocycles. The highest BCUT2D eigenvalue weighted by atomic mass is 32.1. The molecule has 7 heteroatoms. The predicted molar refractivity (Wildman–Crippen MR) is 92.9 cm³/mol. The largest absolute Gasteiger partial charge is 0.337 e. The second-order valence-electron chi connectivity index (χ2n) is 7.20. The average molecular weight is 350 g/mol. The summed E-state index contributed by atoms with van der Waals surface area (Å²) >= 11 is 1.16. The van der Waals surface area contributed by atoms with Crippen molar-refractivity contribution in [3.8, 4) is 0 Å². The number of carbonyl (C=O) groups is 2. The van der Waals surface area contributed by atoms with Crippen LogP contribution in [0.2, 0.25) is 0 Å². The van der Waals surface area contributed by atoms with Gasteiger partial charge in [0, 0.05) is 26.1 Å². The Morgan fingerprint density at radius 3 is 2.75 bits per heavy atom. The van der Waals surface area contributed by atoms with Crippen molar-refractivity contribution in [2.24, 2.45) is 11.8 Å². The van der Waals surface area contributed by atoms with Crippen LogP contribution in [0.15, 0.2) is 0 Å².